The molecule has 2 aromatic carbocycles. The summed E-state index contributed by atoms with van der Waals surface area (Å²) >= 11 is 1.42. The Morgan fingerprint density at radius 1 is 1.09 bits per heavy atom. The molecule has 0 bridgehead atoms. The minimum atomic E-state index is -3.89. The highest BCUT2D eigenvalue weighted by Crippen LogP contribution is 2.22. The van der Waals surface area contributed by atoms with E-state index in [1.54, 1.807) is 0 Å². The van der Waals surface area contributed by atoms with Crippen molar-refractivity contribution in [1.29, 1.82) is 10.5 Å². The van der Waals surface area contributed by atoms with Gasteiger partial charge in [-0.1, -0.05) is 17.4 Å². The number of benzene rings is 2. The molecule has 0 aliphatic rings. The minimum Gasteiger partial charge on any atom is -0.319 e. The summed E-state index contributed by atoms with van der Waals surface area (Å²) in [6.07, 6.45) is 0.0383. The van der Waals surface area contributed by atoms with Gasteiger partial charge in [-0.2, -0.15) is 19.8 Å². The fourth-order valence-electron chi connectivity index (χ4n) is 3.56. The van der Waals surface area contributed by atoms with Gasteiger partial charge in [-0.05, 0) is 55.3 Å². The maximum atomic E-state index is 12.9. The molecule has 0 aliphatic carbocycles. The molecule has 1 heterocycles. The van der Waals surface area contributed by atoms with Crippen molar-refractivity contribution in [3.05, 3.63) is 57.9 Å². The zero-order valence-corrected chi connectivity index (χ0v) is 20.2. The number of aromatic nitrogens is 1. The number of nitrogens with zero attached hydrogens (tertiary/aromatic N) is 5. The fourth-order valence-corrected chi connectivity index (χ4v) is 6.19. The van der Waals surface area contributed by atoms with E-state index in [-0.39, 0.29) is 36.4 Å². The summed E-state index contributed by atoms with van der Waals surface area (Å²) in [7, 11) is -2.03. The molecule has 0 spiro atoms. The zero-order valence-electron chi connectivity index (χ0n) is 18.6. The smallest absolute Gasteiger partial charge is 0.279 e. The molecule has 0 unspecified atom stereocenters. The highest BCUT2D eigenvalue weighted by molar-refractivity contribution is 7.89. The number of rotatable bonds is 7. The van der Waals surface area contributed by atoms with Crippen molar-refractivity contribution in [2.45, 2.75) is 31.6 Å². The van der Waals surface area contributed by atoms with Crippen LogP contribution in [0.1, 0.15) is 34.3 Å². The van der Waals surface area contributed by atoms with Crippen LogP contribution < -0.4 is 4.80 Å². The van der Waals surface area contributed by atoms with E-state index in [9.17, 15) is 13.2 Å². The van der Waals surface area contributed by atoms with Crippen molar-refractivity contribution in [2.75, 3.05) is 13.1 Å². The molecule has 10 heteroatoms. The van der Waals surface area contributed by atoms with Crippen LogP contribution >= 0.6 is 11.3 Å². The van der Waals surface area contributed by atoms with Crippen molar-refractivity contribution in [2.24, 2.45) is 12.0 Å². The molecule has 33 heavy (non-hydrogen) atoms. The predicted molar refractivity (Wildman–Crippen MR) is 126 cm³/mol. The van der Waals surface area contributed by atoms with Crippen molar-refractivity contribution < 1.29 is 13.2 Å². The van der Waals surface area contributed by atoms with Crippen LogP contribution in [0.3, 0.4) is 0 Å². The minimum absolute atomic E-state index is 0.00213. The van der Waals surface area contributed by atoms with Crippen molar-refractivity contribution in [3.63, 3.8) is 0 Å². The topological polar surface area (TPSA) is 119 Å². The first-order chi connectivity index (χ1) is 15.7. The van der Waals surface area contributed by atoms with E-state index in [1.165, 1.54) is 35.6 Å². The van der Waals surface area contributed by atoms with Crippen molar-refractivity contribution in [3.8, 4) is 12.1 Å². The van der Waals surface area contributed by atoms with Gasteiger partial charge in [0, 0.05) is 38.5 Å². The van der Waals surface area contributed by atoms with Crippen LogP contribution in [0.25, 0.3) is 10.2 Å². The molecular formula is C23H23N5O3S2. The largest absolute Gasteiger partial charge is 0.319 e. The molecule has 1 aromatic heterocycles. The van der Waals surface area contributed by atoms with Gasteiger partial charge in [0.1, 0.15) is 0 Å². The van der Waals surface area contributed by atoms with Crippen LogP contribution in [0.5, 0.6) is 0 Å². The van der Waals surface area contributed by atoms with Gasteiger partial charge < -0.3 is 4.57 Å². The van der Waals surface area contributed by atoms with Crippen LogP contribution in [0.2, 0.25) is 0 Å². The lowest BCUT2D eigenvalue weighted by molar-refractivity contribution is 0.0998. The summed E-state index contributed by atoms with van der Waals surface area (Å²) in [4.78, 5) is 17.6. The van der Waals surface area contributed by atoms with E-state index >= 15 is 0 Å². The molecule has 0 fully saturated rings. The van der Waals surface area contributed by atoms with Gasteiger partial charge in [0.15, 0.2) is 4.80 Å². The average Bonchev–Trinajstić information content (AvgIpc) is 3.08. The molecule has 0 saturated carbocycles. The summed E-state index contributed by atoms with van der Waals surface area (Å²) in [6, 6.07) is 13.5. The van der Waals surface area contributed by atoms with Gasteiger partial charge in [0.05, 0.1) is 27.3 Å². The Labute approximate surface area is 196 Å². The highest BCUT2D eigenvalue weighted by Gasteiger charge is 2.24. The van der Waals surface area contributed by atoms with Crippen LogP contribution in [-0.4, -0.2) is 36.3 Å². The Balaban J connectivity index is 1.91. The SMILES string of the molecule is Cc1cc(C)c2c(c1)sc(=NC(=O)c1ccc(S(=O)(=O)N(CCC#N)CCC#N)cc1)n2C. The van der Waals surface area contributed by atoms with Crippen LogP contribution in [0, 0.1) is 36.5 Å². The van der Waals surface area contributed by atoms with Crippen LogP contribution in [0.15, 0.2) is 46.3 Å². The van der Waals surface area contributed by atoms with E-state index in [0.29, 0.717) is 4.80 Å². The molecule has 0 saturated heterocycles. The van der Waals surface area contributed by atoms with Gasteiger partial charge in [0.25, 0.3) is 5.91 Å². The summed E-state index contributed by atoms with van der Waals surface area (Å²) in [5.74, 6) is -0.471. The molecule has 1 amide bonds. The maximum absolute atomic E-state index is 12.9. The lowest BCUT2D eigenvalue weighted by Crippen LogP contribution is -2.32. The Hall–Kier alpha value is -3.31. The first kappa shape index (κ1) is 24.3. The quantitative estimate of drug-likeness (QED) is 0.512. The van der Waals surface area contributed by atoms with Gasteiger partial charge in [0.2, 0.25) is 10.0 Å². The van der Waals surface area contributed by atoms with Crippen molar-refractivity contribution >= 4 is 37.5 Å². The number of aryl methyl sites for hydroxylation is 3. The predicted octanol–water partition coefficient (Wildman–Crippen LogP) is 3.42. The second kappa shape index (κ2) is 10.1. The van der Waals surface area contributed by atoms with Gasteiger partial charge in [-0.25, -0.2) is 8.42 Å². The second-order valence-corrected chi connectivity index (χ2v) is 10.5. The van der Waals surface area contributed by atoms with E-state index in [2.05, 4.69) is 17.1 Å². The number of amides is 1. The van der Waals surface area contributed by atoms with Crippen LogP contribution in [-0.2, 0) is 17.1 Å². The Bertz CT molecular complexity index is 1440. The number of hydrogen-bond donors (Lipinski definition) is 0. The highest BCUT2D eigenvalue weighted by atomic mass is 32.2. The Kier molecular flexibility index (Phi) is 7.44. The first-order valence-corrected chi connectivity index (χ1v) is 12.4. The fraction of sp³-hybridized carbons (Fsp3) is 0.304. The Morgan fingerprint density at radius 2 is 1.70 bits per heavy atom. The summed E-state index contributed by atoms with van der Waals surface area (Å²) < 4.78 is 29.9. The molecule has 8 nitrogen and oxygen atoms in total. The third-order valence-corrected chi connectivity index (χ3v) is 8.11. The normalized spacial score (nSPS) is 12.1. The molecule has 0 atom stereocenters. The van der Waals surface area contributed by atoms with Crippen molar-refractivity contribution in [1.82, 2.24) is 8.87 Å². The number of hydrogen-bond acceptors (Lipinski definition) is 6. The molecule has 3 aromatic rings. The van der Waals surface area contributed by atoms with Gasteiger partial charge in [-0.3, -0.25) is 4.79 Å². The molecule has 0 radical (unpaired) electrons. The van der Waals surface area contributed by atoms with Crippen LogP contribution in [0.4, 0.5) is 0 Å². The zero-order chi connectivity index (χ0) is 24.2. The lowest BCUT2D eigenvalue weighted by Gasteiger charge is -2.20. The molecular weight excluding hydrogens is 458 g/mol. The Morgan fingerprint density at radius 3 is 2.27 bits per heavy atom. The first-order valence-electron chi connectivity index (χ1n) is 10.2. The number of carbonyl (C=O) groups is 1. The van der Waals surface area contributed by atoms with Gasteiger partial charge >= 0.3 is 0 Å². The van der Waals surface area contributed by atoms with E-state index in [4.69, 9.17) is 10.5 Å². The monoisotopic (exact) mass is 481 g/mol. The van der Waals surface area contributed by atoms with E-state index in [0.717, 1.165) is 25.6 Å². The summed E-state index contributed by atoms with van der Waals surface area (Å²) in [5.41, 5.74) is 3.52. The number of sulfonamides is 1. The summed E-state index contributed by atoms with van der Waals surface area (Å²) in [5, 5.41) is 17.6. The molecule has 3 rings (SSSR count). The van der Waals surface area contributed by atoms with E-state index < -0.39 is 15.9 Å². The number of fused-ring (bicyclic) bond motifs is 1. The van der Waals surface area contributed by atoms with E-state index in [1.807, 2.05) is 37.6 Å². The number of carbonyl (C=O) groups excluding carboxylic acids is 1. The lowest BCUT2D eigenvalue weighted by atomic mass is 10.1. The average molecular weight is 482 g/mol. The van der Waals surface area contributed by atoms with Gasteiger partial charge in [-0.15, -0.1) is 0 Å². The third-order valence-electron chi connectivity index (χ3n) is 5.12. The number of thiazole rings is 1. The number of nitriles is 2. The molecule has 0 aliphatic heterocycles. The maximum Gasteiger partial charge on any atom is 0.279 e. The molecule has 0 N–H and O–H groups in total. The second-order valence-electron chi connectivity index (χ2n) is 7.53. The third kappa shape index (κ3) is 5.20. The molecule has 170 valence electrons. The summed E-state index contributed by atoms with van der Waals surface area (Å²) in [6.45, 7) is 4.03. The standard InChI is InChI=1S/C23H23N5O3S2/c1-16-14-17(2)21-20(15-16)32-23(27(21)3)26-22(29)18-6-8-19(9-7-18)33(30,31)28(12-4-10-24)13-5-11-25/h6-9,14-15H,4-5,12-13H2,1-3H3.